The van der Waals surface area contributed by atoms with Gasteiger partial charge in [-0.05, 0) is 20.8 Å². The molecule has 0 radical (unpaired) electrons. The molecule has 7 nitrogen and oxygen atoms in total. The number of anilines is 2. The number of aromatic nitrogens is 3. The number of rotatable bonds is 6. The zero-order valence-electron chi connectivity index (χ0n) is 12.0. The zero-order valence-corrected chi connectivity index (χ0v) is 12.0. The van der Waals surface area contributed by atoms with Crippen LogP contribution in [0, 0.1) is 0 Å². The summed E-state index contributed by atoms with van der Waals surface area (Å²) in [6.07, 6.45) is 5.42. The van der Waals surface area contributed by atoms with E-state index in [-0.39, 0.29) is 11.9 Å². The lowest BCUT2D eigenvalue weighted by Gasteiger charge is -2.15. The van der Waals surface area contributed by atoms with E-state index < -0.39 is 0 Å². The highest BCUT2D eigenvalue weighted by atomic mass is 16.2. The molecule has 0 aliphatic carbocycles. The fourth-order valence-electron chi connectivity index (χ4n) is 1.89. The summed E-state index contributed by atoms with van der Waals surface area (Å²) in [4.78, 5) is 20.5. The van der Waals surface area contributed by atoms with E-state index in [4.69, 9.17) is 0 Å². The van der Waals surface area contributed by atoms with Gasteiger partial charge in [-0.2, -0.15) is 0 Å². The van der Waals surface area contributed by atoms with Gasteiger partial charge in [0.15, 0.2) is 11.5 Å². The van der Waals surface area contributed by atoms with Gasteiger partial charge in [0.05, 0.1) is 6.20 Å². The SMILES string of the molecule is CCNC(=O)C(C)Nc1nc(NCC)cn2ccnc12. The Morgan fingerprint density at radius 1 is 1.40 bits per heavy atom. The number of fused-ring (bicyclic) bond motifs is 1. The highest BCUT2D eigenvalue weighted by Gasteiger charge is 2.15. The molecule has 1 amide bonds. The number of imidazole rings is 1. The Morgan fingerprint density at radius 3 is 2.90 bits per heavy atom. The fourth-order valence-corrected chi connectivity index (χ4v) is 1.89. The molecular weight excluding hydrogens is 256 g/mol. The number of nitrogens with one attached hydrogen (secondary N) is 3. The van der Waals surface area contributed by atoms with Crippen molar-refractivity contribution in [2.75, 3.05) is 23.7 Å². The van der Waals surface area contributed by atoms with Crippen molar-refractivity contribution in [2.45, 2.75) is 26.8 Å². The Balaban J connectivity index is 2.27. The second-order valence-corrected chi connectivity index (χ2v) is 4.42. The van der Waals surface area contributed by atoms with Crippen LogP contribution >= 0.6 is 0 Å². The minimum atomic E-state index is -0.375. The lowest BCUT2D eigenvalue weighted by Crippen LogP contribution is -2.37. The maximum Gasteiger partial charge on any atom is 0.242 e. The van der Waals surface area contributed by atoms with Gasteiger partial charge in [0, 0.05) is 25.5 Å². The third-order valence-electron chi connectivity index (χ3n) is 2.83. The molecule has 0 aliphatic heterocycles. The van der Waals surface area contributed by atoms with E-state index in [1.165, 1.54) is 0 Å². The topological polar surface area (TPSA) is 83.3 Å². The molecule has 0 aromatic carbocycles. The molecule has 2 rings (SSSR count). The predicted octanol–water partition coefficient (Wildman–Crippen LogP) is 1.10. The van der Waals surface area contributed by atoms with Gasteiger partial charge in [-0.15, -0.1) is 0 Å². The second kappa shape index (κ2) is 6.23. The highest BCUT2D eigenvalue weighted by molar-refractivity contribution is 5.85. The van der Waals surface area contributed by atoms with Gasteiger partial charge in [-0.25, -0.2) is 9.97 Å². The Labute approximate surface area is 117 Å². The van der Waals surface area contributed by atoms with Crippen LogP contribution < -0.4 is 16.0 Å². The Bertz CT molecular complexity index is 594. The number of hydrogen-bond acceptors (Lipinski definition) is 5. The van der Waals surface area contributed by atoms with Gasteiger partial charge >= 0.3 is 0 Å². The number of carbonyl (C=O) groups excluding carboxylic acids is 1. The van der Waals surface area contributed by atoms with Gasteiger partial charge in [0.1, 0.15) is 11.9 Å². The summed E-state index contributed by atoms with van der Waals surface area (Å²) in [6.45, 7) is 7.07. The summed E-state index contributed by atoms with van der Waals surface area (Å²) in [5, 5.41) is 9.04. The normalized spacial score (nSPS) is 12.2. The molecule has 7 heteroatoms. The summed E-state index contributed by atoms with van der Waals surface area (Å²) in [7, 11) is 0. The van der Waals surface area contributed by atoms with Crippen LogP contribution in [0.4, 0.5) is 11.6 Å². The average molecular weight is 276 g/mol. The third kappa shape index (κ3) is 2.98. The molecule has 2 aromatic heterocycles. The summed E-state index contributed by atoms with van der Waals surface area (Å²) >= 11 is 0. The summed E-state index contributed by atoms with van der Waals surface area (Å²) in [6, 6.07) is -0.375. The van der Waals surface area contributed by atoms with Crippen LogP contribution in [0.2, 0.25) is 0 Å². The van der Waals surface area contributed by atoms with Gasteiger partial charge in [-0.1, -0.05) is 0 Å². The van der Waals surface area contributed by atoms with E-state index in [1.807, 2.05) is 30.6 Å². The van der Waals surface area contributed by atoms with E-state index in [1.54, 1.807) is 13.1 Å². The van der Waals surface area contributed by atoms with Crippen LogP contribution in [0.25, 0.3) is 5.65 Å². The number of amides is 1. The molecule has 0 saturated heterocycles. The standard InChI is InChI=1S/C13H20N6O/c1-4-14-10-8-19-7-6-16-12(19)11(18-10)17-9(3)13(20)15-5-2/h6-9,14H,4-5H2,1-3H3,(H,15,20)(H,17,18). The molecule has 0 fully saturated rings. The largest absolute Gasteiger partial charge is 0.369 e. The molecule has 1 unspecified atom stereocenters. The highest BCUT2D eigenvalue weighted by Crippen LogP contribution is 2.17. The van der Waals surface area contributed by atoms with E-state index >= 15 is 0 Å². The molecule has 0 spiro atoms. The van der Waals surface area contributed by atoms with Gasteiger partial charge in [0.2, 0.25) is 5.91 Å². The summed E-state index contributed by atoms with van der Waals surface area (Å²) < 4.78 is 1.87. The molecule has 108 valence electrons. The minimum absolute atomic E-state index is 0.0622. The van der Waals surface area contributed by atoms with E-state index in [2.05, 4.69) is 25.9 Å². The molecule has 1 atom stereocenters. The van der Waals surface area contributed by atoms with Crippen molar-refractivity contribution in [1.82, 2.24) is 19.7 Å². The van der Waals surface area contributed by atoms with Gasteiger partial charge in [0.25, 0.3) is 0 Å². The number of nitrogens with zero attached hydrogens (tertiary/aromatic N) is 3. The lowest BCUT2D eigenvalue weighted by molar-refractivity contribution is -0.121. The maximum absolute atomic E-state index is 11.8. The van der Waals surface area contributed by atoms with Crippen LogP contribution in [0.5, 0.6) is 0 Å². The molecular formula is C13H20N6O. The minimum Gasteiger partial charge on any atom is -0.369 e. The first kappa shape index (κ1) is 14.1. The van der Waals surface area contributed by atoms with Crippen LogP contribution in [-0.4, -0.2) is 39.4 Å². The van der Waals surface area contributed by atoms with Crippen LogP contribution in [-0.2, 0) is 4.79 Å². The van der Waals surface area contributed by atoms with Crippen LogP contribution in [0.3, 0.4) is 0 Å². The quantitative estimate of drug-likeness (QED) is 0.736. The monoisotopic (exact) mass is 276 g/mol. The Kier molecular flexibility index (Phi) is 4.39. The molecule has 0 saturated carbocycles. The van der Waals surface area contributed by atoms with Crippen LogP contribution in [0.1, 0.15) is 20.8 Å². The molecule has 20 heavy (non-hydrogen) atoms. The van der Waals surface area contributed by atoms with Gasteiger partial charge < -0.3 is 20.4 Å². The summed E-state index contributed by atoms with van der Waals surface area (Å²) in [5.74, 6) is 1.27. The van der Waals surface area contributed by atoms with E-state index in [9.17, 15) is 4.79 Å². The Hall–Kier alpha value is -2.31. The van der Waals surface area contributed by atoms with Crippen molar-refractivity contribution in [1.29, 1.82) is 0 Å². The third-order valence-corrected chi connectivity index (χ3v) is 2.83. The first-order valence-electron chi connectivity index (χ1n) is 6.77. The fraction of sp³-hybridized carbons (Fsp3) is 0.462. The summed E-state index contributed by atoms with van der Waals surface area (Å²) in [5.41, 5.74) is 0.697. The van der Waals surface area contributed by atoms with Crippen molar-refractivity contribution >= 4 is 23.2 Å². The predicted molar refractivity (Wildman–Crippen MR) is 78.9 cm³/mol. The number of likely N-dealkylation sites (N-methyl/N-ethyl adjacent to an activating group) is 1. The van der Waals surface area contributed by atoms with Crippen LogP contribution in [0.15, 0.2) is 18.6 Å². The Morgan fingerprint density at radius 2 is 2.20 bits per heavy atom. The molecule has 0 bridgehead atoms. The first-order chi connectivity index (χ1) is 9.65. The molecule has 3 N–H and O–H groups in total. The van der Waals surface area contributed by atoms with Crippen molar-refractivity contribution in [2.24, 2.45) is 0 Å². The number of carbonyl (C=O) groups is 1. The zero-order chi connectivity index (χ0) is 14.5. The second-order valence-electron chi connectivity index (χ2n) is 4.42. The molecule has 2 aromatic rings. The van der Waals surface area contributed by atoms with Crippen molar-refractivity contribution < 1.29 is 4.79 Å². The smallest absolute Gasteiger partial charge is 0.242 e. The number of hydrogen-bond donors (Lipinski definition) is 3. The maximum atomic E-state index is 11.8. The van der Waals surface area contributed by atoms with Crippen molar-refractivity contribution in [3.63, 3.8) is 0 Å². The van der Waals surface area contributed by atoms with Crippen molar-refractivity contribution in [3.05, 3.63) is 18.6 Å². The van der Waals surface area contributed by atoms with Gasteiger partial charge in [-0.3, -0.25) is 4.79 Å². The average Bonchev–Trinajstić information content (AvgIpc) is 2.87. The van der Waals surface area contributed by atoms with E-state index in [0.717, 1.165) is 12.4 Å². The lowest BCUT2D eigenvalue weighted by atomic mass is 10.3. The molecule has 2 heterocycles. The first-order valence-corrected chi connectivity index (χ1v) is 6.77. The van der Waals surface area contributed by atoms with Crippen molar-refractivity contribution in [3.8, 4) is 0 Å². The molecule has 0 aliphatic rings. The van der Waals surface area contributed by atoms with E-state index in [0.29, 0.717) is 18.0 Å².